The highest BCUT2D eigenvalue weighted by atomic mass is 16.2. The monoisotopic (exact) mass is 156 g/mol. The maximum absolute atomic E-state index is 8.65. The van der Waals surface area contributed by atoms with E-state index in [2.05, 4.69) is 20.4 Å². The zero-order chi connectivity index (χ0) is 8.69. The smallest absolute Gasteiger partial charge is 0.0433 e. The Morgan fingerprint density at radius 3 is 2.64 bits per heavy atom. The largest absolute Gasteiger partial charge is 0.396 e. The van der Waals surface area contributed by atoms with Crippen LogP contribution in [0.2, 0.25) is 0 Å². The molecule has 0 saturated carbocycles. The van der Waals surface area contributed by atoms with Crippen molar-refractivity contribution in [2.24, 2.45) is 5.92 Å². The van der Waals surface area contributed by atoms with E-state index in [-0.39, 0.29) is 0 Å². The number of allylic oxidation sites excluding steroid dienone is 1. The number of hydrogen-bond donors (Lipinski definition) is 1. The highest BCUT2D eigenvalue weighted by Gasteiger charge is 2.02. The quantitative estimate of drug-likeness (QED) is 0.586. The lowest BCUT2D eigenvalue weighted by Crippen LogP contribution is -1.99. The number of rotatable bonds is 6. The van der Waals surface area contributed by atoms with E-state index in [1.54, 1.807) is 0 Å². The molecular formula is C10H20O. The van der Waals surface area contributed by atoms with Crippen molar-refractivity contribution in [3.63, 3.8) is 0 Å². The molecule has 1 heteroatoms. The topological polar surface area (TPSA) is 20.2 Å². The van der Waals surface area contributed by atoms with Crippen LogP contribution in [0.25, 0.3) is 0 Å². The summed E-state index contributed by atoms with van der Waals surface area (Å²) in [5.74, 6) is 0.596. The van der Waals surface area contributed by atoms with Gasteiger partial charge in [0.15, 0.2) is 0 Å². The van der Waals surface area contributed by atoms with Crippen molar-refractivity contribution in [2.75, 3.05) is 6.61 Å². The Bertz CT molecular complexity index is 107. The first kappa shape index (κ1) is 10.7. The summed E-state index contributed by atoms with van der Waals surface area (Å²) in [5.41, 5.74) is 1.33. The zero-order valence-corrected chi connectivity index (χ0v) is 7.77. The summed E-state index contributed by atoms with van der Waals surface area (Å²) < 4.78 is 0. The first-order chi connectivity index (χ1) is 5.20. The molecule has 1 atom stereocenters. The molecular weight excluding hydrogens is 136 g/mol. The first-order valence-corrected chi connectivity index (χ1v) is 4.48. The fourth-order valence-electron chi connectivity index (χ4n) is 1.27. The Labute approximate surface area is 70.1 Å². The summed E-state index contributed by atoms with van der Waals surface area (Å²) in [5, 5.41) is 8.65. The lowest BCUT2D eigenvalue weighted by Gasteiger charge is -2.10. The molecule has 0 saturated heterocycles. The second-order valence-electron chi connectivity index (χ2n) is 3.32. The molecule has 0 aliphatic carbocycles. The van der Waals surface area contributed by atoms with E-state index >= 15 is 0 Å². The van der Waals surface area contributed by atoms with Gasteiger partial charge in [0.05, 0.1) is 0 Å². The predicted molar refractivity (Wildman–Crippen MR) is 49.5 cm³/mol. The molecule has 0 aliphatic rings. The second kappa shape index (κ2) is 6.41. The van der Waals surface area contributed by atoms with E-state index in [1.165, 1.54) is 12.0 Å². The molecule has 0 rings (SSSR count). The summed E-state index contributed by atoms with van der Waals surface area (Å²) in [6, 6.07) is 0. The van der Waals surface area contributed by atoms with Crippen molar-refractivity contribution >= 4 is 0 Å². The lowest BCUT2D eigenvalue weighted by atomic mass is 9.97. The van der Waals surface area contributed by atoms with Crippen LogP contribution in [0.5, 0.6) is 0 Å². The average Bonchev–Trinajstić information content (AvgIpc) is 1.87. The van der Waals surface area contributed by atoms with Crippen LogP contribution in [0.4, 0.5) is 0 Å². The van der Waals surface area contributed by atoms with E-state index in [4.69, 9.17) is 5.11 Å². The lowest BCUT2D eigenvalue weighted by molar-refractivity contribution is 0.262. The Kier molecular flexibility index (Phi) is 6.24. The molecule has 1 unspecified atom stereocenters. The minimum absolute atomic E-state index is 0.306. The Hall–Kier alpha value is -0.300. The molecule has 0 bridgehead atoms. The highest BCUT2D eigenvalue weighted by Crippen LogP contribution is 2.16. The van der Waals surface area contributed by atoms with Crippen molar-refractivity contribution in [1.82, 2.24) is 0 Å². The van der Waals surface area contributed by atoms with Gasteiger partial charge in [-0.15, -0.1) is 0 Å². The maximum Gasteiger partial charge on any atom is 0.0433 e. The van der Waals surface area contributed by atoms with Crippen LogP contribution in [0.15, 0.2) is 12.2 Å². The van der Waals surface area contributed by atoms with Crippen LogP contribution in [0, 0.1) is 5.92 Å². The van der Waals surface area contributed by atoms with E-state index in [0.29, 0.717) is 12.5 Å². The van der Waals surface area contributed by atoms with Crippen LogP contribution >= 0.6 is 0 Å². The van der Waals surface area contributed by atoms with E-state index in [9.17, 15) is 0 Å². The fourth-order valence-corrected chi connectivity index (χ4v) is 1.27. The van der Waals surface area contributed by atoms with Gasteiger partial charge in [-0.2, -0.15) is 0 Å². The van der Waals surface area contributed by atoms with Gasteiger partial charge in [-0.1, -0.05) is 32.4 Å². The fraction of sp³-hybridized carbons (Fsp3) is 0.800. The predicted octanol–water partition coefficient (Wildman–Crippen LogP) is 2.75. The second-order valence-corrected chi connectivity index (χ2v) is 3.32. The number of aliphatic hydroxyl groups is 1. The van der Waals surface area contributed by atoms with Gasteiger partial charge in [-0.05, 0) is 25.2 Å². The van der Waals surface area contributed by atoms with Crippen LogP contribution in [-0.4, -0.2) is 11.7 Å². The minimum Gasteiger partial charge on any atom is -0.396 e. The third-order valence-electron chi connectivity index (χ3n) is 1.86. The SMILES string of the molecule is C=C(CCC)CC(C)CCO. The molecule has 0 aliphatic heterocycles. The molecule has 0 heterocycles. The average molecular weight is 156 g/mol. The maximum atomic E-state index is 8.65. The Morgan fingerprint density at radius 2 is 2.18 bits per heavy atom. The van der Waals surface area contributed by atoms with Gasteiger partial charge in [-0.3, -0.25) is 0 Å². The zero-order valence-electron chi connectivity index (χ0n) is 7.77. The number of hydrogen-bond acceptors (Lipinski definition) is 1. The van der Waals surface area contributed by atoms with E-state index in [1.807, 2.05) is 0 Å². The van der Waals surface area contributed by atoms with Crippen molar-refractivity contribution in [3.8, 4) is 0 Å². The van der Waals surface area contributed by atoms with Gasteiger partial charge < -0.3 is 5.11 Å². The molecule has 0 aromatic heterocycles. The molecule has 1 N–H and O–H groups in total. The van der Waals surface area contributed by atoms with Crippen LogP contribution in [0.1, 0.15) is 39.5 Å². The van der Waals surface area contributed by atoms with Crippen LogP contribution in [0.3, 0.4) is 0 Å². The molecule has 11 heavy (non-hydrogen) atoms. The molecule has 0 radical (unpaired) electrons. The van der Waals surface area contributed by atoms with E-state index < -0.39 is 0 Å². The van der Waals surface area contributed by atoms with Gasteiger partial charge in [0.1, 0.15) is 0 Å². The molecule has 0 fully saturated rings. The normalized spacial score (nSPS) is 13.0. The summed E-state index contributed by atoms with van der Waals surface area (Å²) in [7, 11) is 0. The molecule has 0 aromatic carbocycles. The minimum atomic E-state index is 0.306. The summed E-state index contributed by atoms with van der Waals surface area (Å²) >= 11 is 0. The standard InChI is InChI=1S/C10H20O/c1-4-5-9(2)8-10(3)6-7-11/h10-11H,2,4-8H2,1,3H3. The third-order valence-corrected chi connectivity index (χ3v) is 1.86. The Balaban J connectivity index is 3.40. The van der Waals surface area contributed by atoms with Crippen molar-refractivity contribution < 1.29 is 5.11 Å². The van der Waals surface area contributed by atoms with Crippen LogP contribution in [-0.2, 0) is 0 Å². The summed E-state index contributed by atoms with van der Waals surface area (Å²) in [6.45, 7) is 8.62. The summed E-state index contributed by atoms with van der Waals surface area (Å²) in [6.07, 6.45) is 4.30. The summed E-state index contributed by atoms with van der Waals surface area (Å²) in [4.78, 5) is 0. The van der Waals surface area contributed by atoms with Gasteiger partial charge in [0.25, 0.3) is 0 Å². The third kappa shape index (κ3) is 6.11. The number of aliphatic hydroxyl groups excluding tert-OH is 1. The van der Waals surface area contributed by atoms with E-state index in [0.717, 1.165) is 19.3 Å². The van der Waals surface area contributed by atoms with Gasteiger partial charge >= 0.3 is 0 Å². The molecule has 0 aromatic rings. The van der Waals surface area contributed by atoms with Crippen molar-refractivity contribution in [1.29, 1.82) is 0 Å². The van der Waals surface area contributed by atoms with Gasteiger partial charge in [0.2, 0.25) is 0 Å². The first-order valence-electron chi connectivity index (χ1n) is 4.48. The molecule has 66 valence electrons. The molecule has 1 nitrogen and oxygen atoms in total. The van der Waals surface area contributed by atoms with Crippen molar-refractivity contribution in [2.45, 2.75) is 39.5 Å². The Morgan fingerprint density at radius 1 is 1.55 bits per heavy atom. The van der Waals surface area contributed by atoms with Crippen LogP contribution < -0.4 is 0 Å². The van der Waals surface area contributed by atoms with Gasteiger partial charge in [0, 0.05) is 6.61 Å². The van der Waals surface area contributed by atoms with Gasteiger partial charge in [-0.25, -0.2) is 0 Å². The highest BCUT2D eigenvalue weighted by molar-refractivity contribution is 4.94. The molecule has 0 spiro atoms. The molecule has 0 amide bonds. The van der Waals surface area contributed by atoms with Crippen molar-refractivity contribution in [3.05, 3.63) is 12.2 Å².